The molecule has 20 heavy (non-hydrogen) atoms. The Morgan fingerprint density at radius 2 is 1.65 bits per heavy atom. The quantitative estimate of drug-likeness (QED) is 0.868. The van der Waals surface area contributed by atoms with Crippen LogP contribution in [0.5, 0.6) is 11.5 Å². The highest BCUT2D eigenvalue weighted by molar-refractivity contribution is 7.85. The Balaban J connectivity index is 2.57. The molecular formula is C13H13NO5S. The van der Waals surface area contributed by atoms with E-state index in [1.807, 2.05) is 0 Å². The molecule has 0 aliphatic carbocycles. The third kappa shape index (κ3) is 2.73. The molecule has 1 aromatic heterocycles. The van der Waals surface area contributed by atoms with E-state index in [0.717, 1.165) is 6.20 Å². The van der Waals surface area contributed by atoms with Crippen molar-refractivity contribution in [2.75, 3.05) is 14.2 Å². The van der Waals surface area contributed by atoms with Crippen molar-refractivity contribution in [1.82, 2.24) is 4.98 Å². The second-order valence-corrected chi connectivity index (χ2v) is 5.31. The van der Waals surface area contributed by atoms with Gasteiger partial charge in [0, 0.05) is 6.20 Å². The van der Waals surface area contributed by atoms with Crippen LogP contribution in [0.2, 0.25) is 0 Å². The van der Waals surface area contributed by atoms with Gasteiger partial charge in [-0.05, 0) is 24.3 Å². The van der Waals surface area contributed by atoms with Crippen LogP contribution in [0.4, 0.5) is 0 Å². The molecular weight excluding hydrogens is 282 g/mol. The number of aromatic nitrogens is 1. The Morgan fingerprint density at radius 1 is 1.05 bits per heavy atom. The molecule has 6 nitrogen and oxygen atoms in total. The topological polar surface area (TPSA) is 85.7 Å². The molecule has 0 radical (unpaired) electrons. The third-order valence-corrected chi connectivity index (χ3v) is 3.56. The lowest BCUT2D eigenvalue weighted by Crippen LogP contribution is -2.00. The Morgan fingerprint density at radius 3 is 2.05 bits per heavy atom. The SMILES string of the molecule is COc1cccc(OC)c1-c1ccc(S(=O)(=O)O)cn1. The van der Waals surface area contributed by atoms with Crippen molar-refractivity contribution in [1.29, 1.82) is 0 Å². The number of methoxy groups -OCH3 is 2. The van der Waals surface area contributed by atoms with Gasteiger partial charge in [-0.2, -0.15) is 8.42 Å². The Labute approximate surface area is 116 Å². The number of ether oxygens (including phenoxy) is 2. The van der Waals surface area contributed by atoms with E-state index in [4.69, 9.17) is 14.0 Å². The molecule has 1 N–H and O–H groups in total. The van der Waals surface area contributed by atoms with Crippen molar-refractivity contribution in [2.24, 2.45) is 0 Å². The molecule has 0 unspecified atom stereocenters. The summed E-state index contributed by atoms with van der Waals surface area (Å²) >= 11 is 0. The van der Waals surface area contributed by atoms with E-state index < -0.39 is 10.1 Å². The van der Waals surface area contributed by atoms with Crippen LogP contribution in [0.15, 0.2) is 41.4 Å². The number of hydrogen-bond donors (Lipinski definition) is 1. The van der Waals surface area contributed by atoms with E-state index in [0.29, 0.717) is 22.8 Å². The van der Waals surface area contributed by atoms with Crippen molar-refractivity contribution in [2.45, 2.75) is 4.90 Å². The maximum Gasteiger partial charge on any atom is 0.296 e. The van der Waals surface area contributed by atoms with Gasteiger partial charge in [-0.25, -0.2) is 0 Å². The minimum absolute atomic E-state index is 0.268. The molecule has 0 spiro atoms. The number of benzene rings is 1. The fourth-order valence-electron chi connectivity index (χ4n) is 1.78. The van der Waals surface area contributed by atoms with Crippen LogP contribution in [0.3, 0.4) is 0 Å². The summed E-state index contributed by atoms with van der Waals surface area (Å²) in [6.07, 6.45) is 1.08. The van der Waals surface area contributed by atoms with Gasteiger partial charge in [0.2, 0.25) is 0 Å². The highest BCUT2D eigenvalue weighted by atomic mass is 32.2. The van der Waals surface area contributed by atoms with Gasteiger partial charge in [0.25, 0.3) is 10.1 Å². The normalized spacial score (nSPS) is 11.2. The molecule has 2 rings (SSSR count). The lowest BCUT2D eigenvalue weighted by atomic mass is 10.1. The molecule has 0 amide bonds. The number of pyridine rings is 1. The first kappa shape index (κ1) is 14.3. The summed E-state index contributed by atoms with van der Waals surface area (Å²) in [7, 11) is -1.22. The van der Waals surface area contributed by atoms with Crippen LogP contribution in [-0.2, 0) is 10.1 Å². The molecule has 1 aromatic carbocycles. The first-order chi connectivity index (χ1) is 9.47. The molecule has 0 aliphatic heterocycles. The zero-order valence-electron chi connectivity index (χ0n) is 10.9. The number of nitrogens with zero attached hydrogens (tertiary/aromatic N) is 1. The molecule has 2 aromatic rings. The molecule has 0 aliphatic rings. The standard InChI is InChI=1S/C13H13NO5S/c1-18-11-4-3-5-12(19-2)13(11)10-7-6-9(8-14-10)20(15,16)17/h3-8H,1-2H3,(H,15,16,17). The van der Waals surface area contributed by atoms with E-state index in [-0.39, 0.29) is 4.90 Å². The average molecular weight is 295 g/mol. The average Bonchev–Trinajstić information content (AvgIpc) is 2.45. The third-order valence-electron chi connectivity index (χ3n) is 2.72. The van der Waals surface area contributed by atoms with Gasteiger partial charge >= 0.3 is 0 Å². The van der Waals surface area contributed by atoms with Crippen LogP contribution in [0, 0.1) is 0 Å². The van der Waals surface area contributed by atoms with E-state index >= 15 is 0 Å². The largest absolute Gasteiger partial charge is 0.496 e. The minimum atomic E-state index is -4.26. The van der Waals surface area contributed by atoms with Gasteiger partial charge in [0.05, 0.1) is 25.5 Å². The summed E-state index contributed by atoms with van der Waals surface area (Å²) in [6, 6.07) is 8.01. The zero-order chi connectivity index (χ0) is 14.8. The van der Waals surface area contributed by atoms with E-state index in [1.54, 1.807) is 18.2 Å². The number of hydrogen-bond acceptors (Lipinski definition) is 5. The zero-order valence-corrected chi connectivity index (χ0v) is 11.7. The summed E-state index contributed by atoms with van der Waals surface area (Å²) in [5, 5.41) is 0. The lowest BCUT2D eigenvalue weighted by molar-refractivity contribution is 0.397. The van der Waals surface area contributed by atoms with Crippen molar-refractivity contribution < 1.29 is 22.4 Å². The van der Waals surface area contributed by atoms with Crippen molar-refractivity contribution in [3.05, 3.63) is 36.5 Å². The molecule has 0 fully saturated rings. The van der Waals surface area contributed by atoms with E-state index in [9.17, 15) is 8.42 Å². The van der Waals surface area contributed by atoms with Gasteiger partial charge in [0.15, 0.2) is 0 Å². The summed E-state index contributed by atoms with van der Waals surface area (Å²) in [5.41, 5.74) is 1.09. The second-order valence-electron chi connectivity index (χ2n) is 3.89. The first-order valence-corrected chi connectivity index (χ1v) is 7.06. The van der Waals surface area contributed by atoms with Crippen LogP contribution in [0.25, 0.3) is 11.3 Å². The Kier molecular flexibility index (Phi) is 3.91. The monoisotopic (exact) mass is 295 g/mol. The predicted octanol–water partition coefficient (Wildman–Crippen LogP) is 2.01. The molecule has 1 heterocycles. The predicted molar refractivity (Wildman–Crippen MR) is 72.6 cm³/mol. The fraction of sp³-hybridized carbons (Fsp3) is 0.154. The number of rotatable bonds is 4. The Hall–Kier alpha value is -2.12. The first-order valence-electron chi connectivity index (χ1n) is 5.62. The summed E-state index contributed by atoms with van der Waals surface area (Å²) < 4.78 is 41.4. The van der Waals surface area contributed by atoms with E-state index in [1.165, 1.54) is 26.4 Å². The van der Waals surface area contributed by atoms with Crippen molar-refractivity contribution in [3.8, 4) is 22.8 Å². The minimum Gasteiger partial charge on any atom is -0.496 e. The molecule has 7 heteroatoms. The van der Waals surface area contributed by atoms with Gasteiger partial charge < -0.3 is 9.47 Å². The highest BCUT2D eigenvalue weighted by Crippen LogP contribution is 2.37. The van der Waals surface area contributed by atoms with Gasteiger partial charge in [-0.3, -0.25) is 9.54 Å². The van der Waals surface area contributed by atoms with Crippen LogP contribution < -0.4 is 9.47 Å². The summed E-state index contributed by atoms with van der Waals surface area (Å²) in [6.45, 7) is 0. The maximum atomic E-state index is 11.0. The smallest absolute Gasteiger partial charge is 0.296 e. The molecule has 0 saturated carbocycles. The molecule has 0 atom stereocenters. The van der Waals surface area contributed by atoms with Gasteiger partial charge in [-0.15, -0.1) is 0 Å². The summed E-state index contributed by atoms with van der Waals surface area (Å²) in [4.78, 5) is 3.77. The van der Waals surface area contributed by atoms with Crippen molar-refractivity contribution in [3.63, 3.8) is 0 Å². The molecule has 0 bridgehead atoms. The fourth-order valence-corrected chi connectivity index (χ4v) is 2.21. The molecule has 106 valence electrons. The van der Waals surface area contributed by atoms with Crippen LogP contribution in [-0.4, -0.2) is 32.2 Å². The second kappa shape index (κ2) is 5.48. The molecule has 0 saturated heterocycles. The Bertz CT molecular complexity index is 688. The van der Waals surface area contributed by atoms with Gasteiger partial charge in [0.1, 0.15) is 16.4 Å². The maximum absolute atomic E-state index is 11.0. The summed E-state index contributed by atoms with van der Waals surface area (Å²) in [5.74, 6) is 1.10. The van der Waals surface area contributed by atoms with Gasteiger partial charge in [-0.1, -0.05) is 6.07 Å². The van der Waals surface area contributed by atoms with Crippen LogP contribution in [0.1, 0.15) is 0 Å². The van der Waals surface area contributed by atoms with Crippen molar-refractivity contribution >= 4 is 10.1 Å². The van der Waals surface area contributed by atoms with Crippen LogP contribution >= 0.6 is 0 Å². The van der Waals surface area contributed by atoms with E-state index in [2.05, 4.69) is 4.98 Å². The highest BCUT2D eigenvalue weighted by Gasteiger charge is 2.15. The lowest BCUT2D eigenvalue weighted by Gasteiger charge is -2.12.